The number of hydrogen-bond donors (Lipinski definition) is 2. The van der Waals surface area contributed by atoms with Gasteiger partial charge in [-0.25, -0.2) is 12.8 Å². The standard InChI is InChI=1S/C34H32FN5O3S/c1-23-21-39(22-26-6-2-3-10-31(26)35)18-19-40(23)34(41)25-11-14-28(15-12-25)38-44(42,43)32-16-13-27(36)20-30(32)29-9-4-7-24-8-5-17-37-33(24)29/h2-17,20,23,38H,18-19,21-22,36H2,1H3/t23-/m1/s1. The van der Waals surface area contributed by atoms with Crippen molar-refractivity contribution in [2.24, 2.45) is 0 Å². The summed E-state index contributed by atoms with van der Waals surface area (Å²) in [7, 11) is -4.04. The van der Waals surface area contributed by atoms with E-state index in [1.165, 1.54) is 12.1 Å². The van der Waals surface area contributed by atoms with Gasteiger partial charge in [-0.2, -0.15) is 0 Å². The van der Waals surface area contributed by atoms with Gasteiger partial charge in [-0.3, -0.25) is 19.4 Å². The largest absolute Gasteiger partial charge is 0.399 e. The molecule has 0 radical (unpaired) electrons. The highest BCUT2D eigenvalue weighted by atomic mass is 32.2. The Kier molecular flexibility index (Phi) is 8.03. The van der Waals surface area contributed by atoms with Gasteiger partial charge in [0.1, 0.15) is 5.82 Å². The van der Waals surface area contributed by atoms with Gasteiger partial charge in [-0.05, 0) is 61.5 Å². The Morgan fingerprint density at radius 3 is 2.50 bits per heavy atom. The number of aromatic nitrogens is 1. The van der Waals surface area contributed by atoms with E-state index >= 15 is 0 Å². The average Bonchev–Trinajstić information content (AvgIpc) is 3.02. The molecule has 0 aliphatic carbocycles. The molecular weight excluding hydrogens is 577 g/mol. The molecular formula is C34H32FN5O3S. The molecule has 0 saturated carbocycles. The average molecular weight is 610 g/mol. The number of halogens is 1. The first-order valence-electron chi connectivity index (χ1n) is 14.3. The maximum absolute atomic E-state index is 14.1. The maximum Gasteiger partial charge on any atom is 0.262 e. The summed E-state index contributed by atoms with van der Waals surface area (Å²) in [5, 5.41) is 0.879. The first kappa shape index (κ1) is 29.3. The van der Waals surface area contributed by atoms with Gasteiger partial charge in [0.15, 0.2) is 0 Å². The van der Waals surface area contributed by atoms with Gasteiger partial charge in [0.2, 0.25) is 0 Å². The van der Waals surface area contributed by atoms with Gasteiger partial charge >= 0.3 is 0 Å². The van der Waals surface area contributed by atoms with E-state index in [2.05, 4.69) is 14.6 Å². The molecule has 8 nitrogen and oxygen atoms in total. The Bertz CT molecular complexity index is 1940. The zero-order valence-electron chi connectivity index (χ0n) is 24.2. The van der Waals surface area contributed by atoms with Crippen LogP contribution in [0.3, 0.4) is 0 Å². The molecule has 224 valence electrons. The number of fused-ring (bicyclic) bond motifs is 1. The summed E-state index contributed by atoms with van der Waals surface area (Å²) in [4.78, 5) is 21.9. The topological polar surface area (TPSA) is 109 Å². The van der Waals surface area contributed by atoms with Gasteiger partial charge in [0.25, 0.3) is 15.9 Å². The zero-order chi connectivity index (χ0) is 30.8. The van der Waals surface area contributed by atoms with Crippen LogP contribution < -0.4 is 10.5 Å². The van der Waals surface area contributed by atoms with E-state index in [1.807, 2.05) is 43.3 Å². The molecule has 6 rings (SSSR count). The smallest absolute Gasteiger partial charge is 0.262 e. The number of amides is 1. The SMILES string of the molecule is C[C@@H]1CN(Cc2ccccc2F)CCN1C(=O)c1ccc(NS(=O)(=O)c2ccc(N)cc2-c2cccc3cccnc23)cc1. The highest BCUT2D eigenvalue weighted by Crippen LogP contribution is 2.34. The van der Waals surface area contributed by atoms with Crippen molar-refractivity contribution >= 4 is 38.2 Å². The van der Waals surface area contributed by atoms with E-state index < -0.39 is 10.0 Å². The number of pyridine rings is 1. The van der Waals surface area contributed by atoms with Crippen molar-refractivity contribution in [2.75, 3.05) is 30.1 Å². The number of nitrogen functional groups attached to an aromatic ring is 1. The molecule has 1 aliphatic rings. The summed E-state index contributed by atoms with van der Waals surface area (Å²) >= 11 is 0. The van der Waals surface area contributed by atoms with Crippen molar-refractivity contribution in [3.63, 3.8) is 0 Å². The third kappa shape index (κ3) is 5.99. The Labute approximate surface area is 256 Å². The van der Waals surface area contributed by atoms with Crippen LogP contribution >= 0.6 is 0 Å². The fourth-order valence-corrected chi connectivity index (χ4v) is 6.98. The van der Waals surface area contributed by atoms with Crippen LogP contribution in [0.25, 0.3) is 22.0 Å². The lowest BCUT2D eigenvalue weighted by Gasteiger charge is -2.40. The molecule has 1 saturated heterocycles. The van der Waals surface area contributed by atoms with E-state index in [0.29, 0.717) is 65.3 Å². The molecule has 1 aliphatic heterocycles. The van der Waals surface area contributed by atoms with Gasteiger partial charge in [-0.1, -0.05) is 42.5 Å². The fourth-order valence-electron chi connectivity index (χ4n) is 5.72. The summed E-state index contributed by atoms with van der Waals surface area (Å²) < 4.78 is 44.1. The van der Waals surface area contributed by atoms with Crippen LogP contribution in [0.5, 0.6) is 0 Å². The fraction of sp³-hybridized carbons (Fsp3) is 0.176. The number of anilines is 2. The molecule has 3 N–H and O–H groups in total. The minimum atomic E-state index is -4.04. The second kappa shape index (κ2) is 12.1. The predicted molar refractivity (Wildman–Crippen MR) is 171 cm³/mol. The minimum absolute atomic E-state index is 0.0621. The Morgan fingerprint density at radius 2 is 1.73 bits per heavy atom. The zero-order valence-corrected chi connectivity index (χ0v) is 25.0. The molecule has 1 fully saturated rings. The monoisotopic (exact) mass is 609 g/mol. The first-order chi connectivity index (χ1) is 21.2. The van der Waals surface area contributed by atoms with Gasteiger partial charge in [0.05, 0.1) is 10.4 Å². The number of nitrogens with zero attached hydrogens (tertiary/aromatic N) is 3. The van der Waals surface area contributed by atoms with Crippen molar-refractivity contribution in [2.45, 2.75) is 24.4 Å². The number of nitrogens with one attached hydrogen (secondary N) is 1. The van der Waals surface area contributed by atoms with Gasteiger partial charge in [-0.15, -0.1) is 0 Å². The van der Waals surface area contributed by atoms with E-state index in [-0.39, 0.29) is 22.7 Å². The van der Waals surface area contributed by atoms with Crippen LogP contribution in [0.15, 0.2) is 108 Å². The summed E-state index contributed by atoms with van der Waals surface area (Å²) in [5.41, 5.74) is 9.69. The molecule has 0 spiro atoms. The summed E-state index contributed by atoms with van der Waals surface area (Å²) in [5.74, 6) is -0.366. The summed E-state index contributed by atoms with van der Waals surface area (Å²) in [6.07, 6.45) is 1.67. The third-order valence-electron chi connectivity index (χ3n) is 7.92. The van der Waals surface area contributed by atoms with Crippen molar-refractivity contribution in [1.82, 2.24) is 14.8 Å². The molecule has 1 atom stereocenters. The second-order valence-electron chi connectivity index (χ2n) is 11.0. The third-order valence-corrected chi connectivity index (χ3v) is 9.36. The lowest BCUT2D eigenvalue weighted by molar-refractivity contribution is 0.0473. The van der Waals surface area contributed by atoms with Crippen LogP contribution in [0.4, 0.5) is 15.8 Å². The van der Waals surface area contributed by atoms with Crippen molar-refractivity contribution in [1.29, 1.82) is 0 Å². The first-order valence-corrected chi connectivity index (χ1v) is 15.8. The lowest BCUT2D eigenvalue weighted by Crippen LogP contribution is -2.53. The van der Waals surface area contributed by atoms with Crippen LogP contribution in [0.1, 0.15) is 22.8 Å². The number of nitrogens with two attached hydrogens (primary N) is 1. The van der Waals surface area contributed by atoms with E-state index in [9.17, 15) is 17.6 Å². The van der Waals surface area contributed by atoms with Crippen LogP contribution in [0, 0.1) is 5.82 Å². The maximum atomic E-state index is 14.1. The predicted octanol–water partition coefficient (Wildman–Crippen LogP) is 5.77. The van der Waals surface area contributed by atoms with Crippen molar-refractivity contribution in [3.05, 3.63) is 120 Å². The number of hydrogen-bond acceptors (Lipinski definition) is 6. The number of rotatable bonds is 7. The highest BCUT2D eigenvalue weighted by molar-refractivity contribution is 7.92. The molecule has 1 amide bonds. The Morgan fingerprint density at radius 1 is 0.955 bits per heavy atom. The van der Waals surface area contributed by atoms with E-state index in [4.69, 9.17) is 5.73 Å². The van der Waals surface area contributed by atoms with Gasteiger partial charge < -0.3 is 10.6 Å². The lowest BCUT2D eigenvalue weighted by atomic mass is 10.0. The molecule has 1 aromatic heterocycles. The van der Waals surface area contributed by atoms with Gasteiger partial charge in [0, 0.05) is 77.4 Å². The Balaban J connectivity index is 1.17. The molecule has 0 bridgehead atoms. The molecule has 4 aromatic carbocycles. The number of para-hydroxylation sites is 1. The number of carbonyl (C=O) groups excluding carboxylic acids is 1. The Hall–Kier alpha value is -4.80. The normalized spacial score (nSPS) is 15.8. The van der Waals surface area contributed by atoms with Crippen molar-refractivity contribution in [3.8, 4) is 11.1 Å². The molecule has 44 heavy (non-hydrogen) atoms. The van der Waals surface area contributed by atoms with Crippen LogP contribution in [0.2, 0.25) is 0 Å². The van der Waals surface area contributed by atoms with Crippen LogP contribution in [-0.4, -0.2) is 54.8 Å². The molecule has 0 unspecified atom stereocenters. The number of piperazine rings is 1. The van der Waals surface area contributed by atoms with E-state index in [1.54, 1.807) is 59.6 Å². The number of sulfonamides is 1. The number of benzene rings is 4. The second-order valence-corrected chi connectivity index (χ2v) is 12.6. The van der Waals surface area contributed by atoms with E-state index in [0.717, 1.165) is 5.39 Å². The minimum Gasteiger partial charge on any atom is -0.399 e. The quantitative estimate of drug-likeness (QED) is 0.227. The number of carbonyl (C=O) groups is 1. The molecule has 2 heterocycles. The molecule has 5 aromatic rings. The summed E-state index contributed by atoms with van der Waals surface area (Å²) in [6.45, 7) is 4.21. The highest BCUT2D eigenvalue weighted by Gasteiger charge is 2.29. The van der Waals surface area contributed by atoms with Crippen molar-refractivity contribution < 1.29 is 17.6 Å². The molecule has 10 heteroatoms. The summed E-state index contributed by atoms with van der Waals surface area (Å²) in [6, 6.07) is 27.1. The van der Waals surface area contributed by atoms with Crippen LogP contribution in [-0.2, 0) is 16.6 Å².